The quantitative estimate of drug-likeness (QED) is 0.430. The Morgan fingerprint density at radius 3 is 2.75 bits per heavy atom. The lowest BCUT2D eigenvalue weighted by molar-refractivity contribution is 0.389. The third-order valence-electron chi connectivity index (χ3n) is 3.94. The van der Waals surface area contributed by atoms with Gasteiger partial charge in [-0.15, -0.1) is 16.4 Å². The molecule has 3 heterocycles. The van der Waals surface area contributed by atoms with E-state index in [1.165, 1.54) is 11.3 Å². The molecule has 0 aliphatic rings. The number of sulfone groups is 1. The van der Waals surface area contributed by atoms with Crippen LogP contribution in [-0.4, -0.2) is 44.5 Å². The Morgan fingerprint density at radius 2 is 1.96 bits per heavy atom. The first-order valence-corrected chi connectivity index (χ1v) is 11.2. The van der Waals surface area contributed by atoms with E-state index in [9.17, 15) is 8.42 Å². The minimum atomic E-state index is -3.39. The number of tetrazole rings is 1. The van der Waals surface area contributed by atoms with Crippen molar-refractivity contribution in [3.63, 3.8) is 0 Å². The summed E-state index contributed by atoms with van der Waals surface area (Å²) in [6, 6.07) is 13.2. The first kappa shape index (κ1) is 18.4. The van der Waals surface area contributed by atoms with Crippen molar-refractivity contribution in [3.8, 4) is 16.4 Å². The van der Waals surface area contributed by atoms with Gasteiger partial charge in [-0.3, -0.25) is 0 Å². The van der Waals surface area contributed by atoms with Crippen LogP contribution in [0.3, 0.4) is 0 Å². The fraction of sp³-hybridized carbons (Fsp3) is 0.235. The van der Waals surface area contributed by atoms with Crippen molar-refractivity contribution < 1.29 is 12.9 Å². The highest BCUT2D eigenvalue weighted by Gasteiger charge is 2.19. The maximum absolute atomic E-state index is 12.4. The largest absolute Gasteiger partial charge is 0.338 e. The van der Waals surface area contributed by atoms with Gasteiger partial charge in [-0.1, -0.05) is 29.4 Å². The number of aryl methyl sites for hydroxylation is 1. The first-order chi connectivity index (χ1) is 13.6. The van der Waals surface area contributed by atoms with Gasteiger partial charge < -0.3 is 4.52 Å². The standard InChI is InChI=1S/C17H16N6O3S2/c24-28(25,12-16-18-17(20-26-16)14-8-4-10-27-14)11-5-9-15-19-21-22-23(15)13-6-2-1-3-7-13/h1-4,6-8,10H,5,9,11-12H2. The molecule has 28 heavy (non-hydrogen) atoms. The zero-order valence-electron chi connectivity index (χ0n) is 14.7. The van der Waals surface area contributed by atoms with Crippen molar-refractivity contribution in [3.05, 3.63) is 59.6 Å². The summed E-state index contributed by atoms with van der Waals surface area (Å²) in [6.07, 6.45) is 0.826. The molecule has 4 aromatic rings. The number of para-hydroxylation sites is 1. The molecule has 0 bridgehead atoms. The maximum atomic E-state index is 12.4. The van der Waals surface area contributed by atoms with Crippen molar-refractivity contribution in [2.24, 2.45) is 0 Å². The van der Waals surface area contributed by atoms with Crippen LogP contribution in [0.5, 0.6) is 0 Å². The minimum absolute atomic E-state index is 0.0225. The lowest BCUT2D eigenvalue weighted by atomic mass is 10.3. The van der Waals surface area contributed by atoms with Gasteiger partial charge in [0.25, 0.3) is 0 Å². The highest BCUT2D eigenvalue weighted by atomic mass is 32.2. The molecular formula is C17H16N6O3S2. The number of nitrogens with zero attached hydrogens (tertiary/aromatic N) is 6. The topological polar surface area (TPSA) is 117 Å². The second-order valence-corrected chi connectivity index (χ2v) is 9.16. The molecule has 144 valence electrons. The zero-order valence-corrected chi connectivity index (χ0v) is 16.3. The van der Waals surface area contributed by atoms with Gasteiger partial charge in [0, 0.05) is 6.42 Å². The number of hydrogen-bond donors (Lipinski definition) is 0. The summed E-state index contributed by atoms with van der Waals surface area (Å²) in [5, 5.41) is 17.4. The molecule has 0 N–H and O–H groups in total. The number of thiophene rings is 1. The van der Waals surface area contributed by atoms with Gasteiger partial charge in [-0.2, -0.15) is 9.67 Å². The molecule has 0 saturated carbocycles. The summed E-state index contributed by atoms with van der Waals surface area (Å²) in [6.45, 7) is 0. The SMILES string of the molecule is O=S(=O)(CCCc1nnnn1-c1ccccc1)Cc1nc(-c2cccs2)no1. The Labute approximate surface area is 164 Å². The van der Waals surface area contributed by atoms with Crippen LogP contribution >= 0.6 is 11.3 Å². The Bertz CT molecular complexity index is 1140. The van der Waals surface area contributed by atoms with Gasteiger partial charge in [0.05, 0.1) is 16.3 Å². The summed E-state index contributed by atoms with van der Waals surface area (Å²) in [7, 11) is -3.39. The minimum Gasteiger partial charge on any atom is -0.338 e. The second-order valence-electron chi connectivity index (χ2n) is 6.03. The van der Waals surface area contributed by atoms with Gasteiger partial charge in [-0.25, -0.2) is 8.42 Å². The number of aromatic nitrogens is 6. The van der Waals surface area contributed by atoms with Gasteiger partial charge in [-0.05, 0) is 40.4 Å². The van der Waals surface area contributed by atoms with Crippen LogP contribution in [-0.2, 0) is 22.0 Å². The van der Waals surface area contributed by atoms with Crippen molar-refractivity contribution in [1.82, 2.24) is 30.3 Å². The third kappa shape index (κ3) is 4.31. The molecule has 0 aliphatic carbocycles. The summed E-state index contributed by atoms with van der Waals surface area (Å²) in [5.41, 5.74) is 0.831. The van der Waals surface area contributed by atoms with E-state index in [2.05, 4.69) is 25.7 Å². The van der Waals surface area contributed by atoms with Crippen LogP contribution in [0.4, 0.5) is 0 Å². The van der Waals surface area contributed by atoms with Gasteiger partial charge in [0.15, 0.2) is 15.7 Å². The average Bonchev–Trinajstić information content (AvgIpc) is 3.43. The monoisotopic (exact) mass is 416 g/mol. The van der Waals surface area contributed by atoms with E-state index in [0.717, 1.165) is 10.6 Å². The summed E-state index contributed by atoms with van der Waals surface area (Å²) in [5.74, 6) is 0.805. The molecule has 0 fully saturated rings. The van der Waals surface area contributed by atoms with Crippen LogP contribution in [0, 0.1) is 0 Å². The normalized spacial score (nSPS) is 11.7. The third-order valence-corrected chi connectivity index (χ3v) is 6.41. The molecule has 0 atom stereocenters. The van der Waals surface area contributed by atoms with Crippen LogP contribution < -0.4 is 0 Å². The van der Waals surface area contributed by atoms with Crippen molar-refractivity contribution in [2.45, 2.75) is 18.6 Å². The lowest BCUT2D eigenvalue weighted by Crippen LogP contribution is -2.12. The Hall–Kier alpha value is -2.92. The van der Waals surface area contributed by atoms with Crippen LogP contribution in [0.15, 0.2) is 52.4 Å². The zero-order chi connectivity index (χ0) is 19.4. The molecule has 0 aliphatic heterocycles. The molecule has 0 amide bonds. The molecule has 1 aromatic carbocycles. The van der Waals surface area contributed by atoms with Gasteiger partial charge in [0.1, 0.15) is 5.75 Å². The van der Waals surface area contributed by atoms with Crippen molar-refractivity contribution in [1.29, 1.82) is 0 Å². The fourth-order valence-corrected chi connectivity index (χ4v) is 4.53. The number of benzene rings is 1. The summed E-state index contributed by atoms with van der Waals surface area (Å²) < 4.78 is 31.5. The Balaban J connectivity index is 1.36. The first-order valence-electron chi connectivity index (χ1n) is 8.50. The van der Waals surface area contributed by atoms with Gasteiger partial charge in [0.2, 0.25) is 11.7 Å². The highest BCUT2D eigenvalue weighted by molar-refractivity contribution is 7.90. The molecule has 0 radical (unpaired) electrons. The van der Waals surface area contributed by atoms with E-state index >= 15 is 0 Å². The second kappa shape index (κ2) is 7.98. The predicted molar refractivity (Wildman–Crippen MR) is 103 cm³/mol. The van der Waals surface area contributed by atoms with Crippen LogP contribution in [0.2, 0.25) is 0 Å². The molecular weight excluding hydrogens is 400 g/mol. The molecule has 0 unspecified atom stereocenters. The van der Waals surface area contributed by atoms with E-state index in [-0.39, 0.29) is 17.4 Å². The molecule has 0 saturated heterocycles. The van der Waals surface area contributed by atoms with E-state index in [1.807, 2.05) is 47.8 Å². The molecule has 3 aromatic heterocycles. The van der Waals surface area contributed by atoms with Crippen molar-refractivity contribution in [2.75, 3.05) is 5.75 Å². The predicted octanol–water partition coefficient (Wildman–Crippen LogP) is 2.32. The van der Waals surface area contributed by atoms with E-state index in [4.69, 9.17) is 4.52 Å². The molecule has 0 spiro atoms. The van der Waals surface area contributed by atoms with Crippen molar-refractivity contribution >= 4 is 21.2 Å². The van der Waals surface area contributed by atoms with Crippen LogP contribution in [0.1, 0.15) is 18.1 Å². The summed E-state index contributed by atoms with van der Waals surface area (Å²) >= 11 is 1.46. The summed E-state index contributed by atoms with van der Waals surface area (Å²) in [4.78, 5) is 5.00. The Morgan fingerprint density at radius 1 is 1.11 bits per heavy atom. The highest BCUT2D eigenvalue weighted by Crippen LogP contribution is 2.22. The van der Waals surface area contributed by atoms with Gasteiger partial charge >= 0.3 is 0 Å². The van der Waals surface area contributed by atoms with E-state index in [0.29, 0.717) is 24.5 Å². The van der Waals surface area contributed by atoms with E-state index < -0.39 is 9.84 Å². The molecule has 9 nitrogen and oxygen atoms in total. The fourth-order valence-electron chi connectivity index (χ4n) is 2.66. The van der Waals surface area contributed by atoms with Crippen LogP contribution in [0.25, 0.3) is 16.4 Å². The maximum Gasteiger partial charge on any atom is 0.242 e. The lowest BCUT2D eigenvalue weighted by Gasteiger charge is -2.04. The average molecular weight is 416 g/mol. The smallest absolute Gasteiger partial charge is 0.242 e. The molecule has 4 rings (SSSR count). The van der Waals surface area contributed by atoms with E-state index in [1.54, 1.807) is 4.68 Å². The Kier molecular flexibility index (Phi) is 5.26. The number of hydrogen-bond acceptors (Lipinski definition) is 9. The molecule has 11 heteroatoms. The number of rotatable bonds is 8.